The molecule has 0 radical (unpaired) electrons. The predicted octanol–water partition coefficient (Wildman–Crippen LogP) is 4.25. The molecule has 132 valence electrons. The molecular formula is C21H22N4S. The Bertz CT molecular complexity index is 875. The summed E-state index contributed by atoms with van der Waals surface area (Å²) in [5.41, 5.74) is 3.38. The van der Waals surface area contributed by atoms with Gasteiger partial charge in [0.25, 0.3) is 0 Å². The Hall–Kier alpha value is -2.66. The largest absolute Gasteiger partial charge is 0.352 e. The molecule has 4 rings (SSSR count). The van der Waals surface area contributed by atoms with Crippen LogP contribution in [0.2, 0.25) is 0 Å². The lowest BCUT2D eigenvalue weighted by Crippen LogP contribution is -2.31. The number of rotatable bonds is 5. The van der Waals surface area contributed by atoms with Gasteiger partial charge in [0.1, 0.15) is 0 Å². The molecule has 1 fully saturated rings. The van der Waals surface area contributed by atoms with E-state index in [0.717, 1.165) is 29.5 Å². The van der Waals surface area contributed by atoms with Gasteiger partial charge in [0, 0.05) is 30.3 Å². The zero-order valence-electron chi connectivity index (χ0n) is 14.7. The number of aromatic nitrogens is 2. The Morgan fingerprint density at radius 2 is 1.85 bits per heavy atom. The Balaban J connectivity index is 1.81. The number of thiocarbonyl (C=S) groups is 1. The molecule has 2 unspecified atom stereocenters. The van der Waals surface area contributed by atoms with Crippen LogP contribution in [0.3, 0.4) is 0 Å². The van der Waals surface area contributed by atoms with Crippen molar-refractivity contribution >= 4 is 17.3 Å². The van der Waals surface area contributed by atoms with Gasteiger partial charge in [0.2, 0.25) is 0 Å². The van der Waals surface area contributed by atoms with E-state index in [9.17, 15) is 0 Å². The smallest absolute Gasteiger partial charge is 0.170 e. The number of pyridine rings is 1. The molecule has 1 aliphatic heterocycles. The zero-order valence-corrected chi connectivity index (χ0v) is 15.6. The molecule has 1 N–H and O–H groups in total. The monoisotopic (exact) mass is 362 g/mol. The van der Waals surface area contributed by atoms with E-state index in [2.05, 4.69) is 75.4 Å². The Labute approximate surface area is 159 Å². The molecule has 3 aromatic rings. The van der Waals surface area contributed by atoms with Crippen LogP contribution in [0.15, 0.2) is 73.1 Å². The number of hydrogen-bond donors (Lipinski definition) is 1. The maximum atomic E-state index is 5.67. The summed E-state index contributed by atoms with van der Waals surface area (Å²) < 4.78 is 2.25. The molecule has 1 aliphatic rings. The molecule has 0 saturated carbocycles. The van der Waals surface area contributed by atoms with Crippen LogP contribution in [0, 0.1) is 0 Å². The van der Waals surface area contributed by atoms with Gasteiger partial charge in [-0.15, -0.1) is 0 Å². The maximum absolute atomic E-state index is 5.67. The topological polar surface area (TPSA) is 33.1 Å². The van der Waals surface area contributed by atoms with Crippen molar-refractivity contribution in [2.75, 3.05) is 6.54 Å². The highest BCUT2D eigenvalue weighted by molar-refractivity contribution is 7.80. The van der Waals surface area contributed by atoms with Crippen LogP contribution in [0.25, 0.3) is 5.69 Å². The van der Waals surface area contributed by atoms with Crippen molar-refractivity contribution < 1.29 is 0 Å². The summed E-state index contributed by atoms with van der Waals surface area (Å²) in [5.74, 6) is 0. The normalized spacial score (nSPS) is 19.6. The van der Waals surface area contributed by atoms with Gasteiger partial charge in [-0.2, -0.15) is 0 Å². The third-order valence-electron chi connectivity index (χ3n) is 4.78. The second-order valence-electron chi connectivity index (χ2n) is 6.46. The Morgan fingerprint density at radius 1 is 1.04 bits per heavy atom. The number of nitrogens with zero attached hydrogens (tertiary/aromatic N) is 3. The summed E-state index contributed by atoms with van der Waals surface area (Å²) in [4.78, 5) is 6.89. The van der Waals surface area contributed by atoms with Gasteiger partial charge in [0.15, 0.2) is 5.11 Å². The van der Waals surface area contributed by atoms with E-state index in [4.69, 9.17) is 12.2 Å². The van der Waals surface area contributed by atoms with Gasteiger partial charge >= 0.3 is 0 Å². The van der Waals surface area contributed by atoms with Crippen molar-refractivity contribution in [1.82, 2.24) is 19.8 Å². The predicted molar refractivity (Wildman–Crippen MR) is 108 cm³/mol. The number of benzene rings is 1. The van der Waals surface area contributed by atoms with Crippen molar-refractivity contribution in [3.63, 3.8) is 0 Å². The van der Waals surface area contributed by atoms with Gasteiger partial charge in [-0.1, -0.05) is 31.2 Å². The molecule has 0 amide bonds. The summed E-state index contributed by atoms with van der Waals surface area (Å²) in [7, 11) is 0. The first-order valence-electron chi connectivity index (χ1n) is 9.00. The van der Waals surface area contributed by atoms with E-state index in [1.54, 1.807) is 0 Å². The third kappa shape index (κ3) is 2.99. The lowest BCUT2D eigenvalue weighted by molar-refractivity contribution is 0.309. The van der Waals surface area contributed by atoms with Crippen molar-refractivity contribution in [2.24, 2.45) is 0 Å². The fraction of sp³-hybridized carbons (Fsp3) is 0.238. The maximum Gasteiger partial charge on any atom is 0.170 e. The number of hydrogen-bond acceptors (Lipinski definition) is 2. The Kier molecular flexibility index (Phi) is 4.71. The lowest BCUT2D eigenvalue weighted by Gasteiger charge is -2.28. The van der Waals surface area contributed by atoms with Crippen LogP contribution in [0.4, 0.5) is 0 Å². The summed E-state index contributed by atoms with van der Waals surface area (Å²) >= 11 is 5.67. The molecule has 5 heteroatoms. The highest BCUT2D eigenvalue weighted by atomic mass is 32.1. The first kappa shape index (κ1) is 16.8. The van der Waals surface area contributed by atoms with E-state index in [0.29, 0.717) is 0 Å². The second-order valence-corrected chi connectivity index (χ2v) is 6.85. The van der Waals surface area contributed by atoms with Crippen LogP contribution in [0.5, 0.6) is 0 Å². The highest BCUT2D eigenvalue weighted by Crippen LogP contribution is 2.39. The number of nitrogens with one attached hydrogen (secondary N) is 1. The molecule has 1 saturated heterocycles. The molecule has 3 heterocycles. The molecule has 4 nitrogen and oxygen atoms in total. The molecular weight excluding hydrogens is 340 g/mol. The minimum Gasteiger partial charge on any atom is -0.352 e. The van der Waals surface area contributed by atoms with E-state index < -0.39 is 0 Å². The molecule has 2 atom stereocenters. The molecule has 0 bridgehead atoms. The zero-order chi connectivity index (χ0) is 17.9. The Morgan fingerprint density at radius 3 is 2.58 bits per heavy atom. The van der Waals surface area contributed by atoms with Gasteiger partial charge in [-0.3, -0.25) is 4.98 Å². The van der Waals surface area contributed by atoms with Gasteiger partial charge < -0.3 is 14.8 Å². The van der Waals surface area contributed by atoms with Crippen LogP contribution < -0.4 is 5.32 Å². The van der Waals surface area contributed by atoms with Crippen LogP contribution >= 0.6 is 12.2 Å². The molecule has 1 aromatic carbocycles. The SMILES string of the molecule is CCCN1C(=S)NC(c2ccccn2)C1c1cccn1-c1ccccc1. The van der Waals surface area contributed by atoms with E-state index in [1.807, 2.05) is 24.4 Å². The van der Waals surface area contributed by atoms with Crippen molar-refractivity contribution in [3.8, 4) is 5.69 Å². The first-order chi connectivity index (χ1) is 12.8. The minimum atomic E-state index is 0.0348. The molecule has 0 spiro atoms. The van der Waals surface area contributed by atoms with E-state index in [-0.39, 0.29) is 12.1 Å². The van der Waals surface area contributed by atoms with Crippen LogP contribution in [-0.4, -0.2) is 26.1 Å². The van der Waals surface area contributed by atoms with Gasteiger partial charge in [-0.05, 0) is 55.0 Å². The van der Waals surface area contributed by atoms with Crippen molar-refractivity contribution in [1.29, 1.82) is 0 Å². The molecule has 26 heavy (non-hydrogen) atoms. The third-order valence-corrected chi connectivity index (χ3v) is 5.13. The van der Waals surface area contributed by atoms with Crippen LogP contribution in [-0.2, 0) is 0 Å². The van der Waals surface area contributed by atoms with E-state index >= 15 is 0 Å². The van der Waals surface area contributed by atoms with E-state index in [1.165, 1.54) is 5.69 Å². The quantitative estimate of drug-likeness (QED) is 0.688. The summed E-state index contributed by atoms with van der Waals surface area (Å²) in [6.07, 6.45) is 5.00. The first-order valence-corrected chi connectivity index (χ1v) is 9.41. The number of para-hydroxylation sites is 1. The van der Waals surface area contributed by atoms with Crippen molar-refractivity contribution in [3.05, 3.63) is 84.4 Å². The second kappa shape index (κ2) is 7.30. The average Bonchev–Trinajstić information content (AvgIpc) is 3.28. The lowest BCUT2D eigenvalue weighted by atomic mass is 10.0. The summed E-state index contributed by atoms with van der Waals surface area (Å²) in [5, 5.41) is 4.30. The summed E-state index contributed by atoms with van der Waals surface area (Å²) in [6.45, 7) is 3.10. The average molecular weight is 363 g/mol. The van der Waals surface area contributed by atoms with Gasteiger partial charge in [-0.25, -0.2) is 0 Å². The van der Waals surface area contributed by atoms with Gasteiger partial charge in [0.05, 0.1) is 17.8 Å². The fourth-order valence-electron chi connectivity index (χ4n) is 3.67. The van der Waals surface area contributed by atoms with Crippen molar-refractivity contribution in [2.45, 2.75) is 25.4 Å². The fourth-order valence-corrected chi connectivity index (χ4v) is 4.00. The standard InChI is InChI=1S/C21H22N4S/c1-2-14-25-20(19(23-21(25)26)17-11-6-7-13-22-17)18-12-8-15-24(18)16-9-4-3-5-10-16/h3-13,15,19-20H,2,14H2,1H3,(H,23,26). The highest BCUT2D eigenvalue weighted by Gasteiger charge is 2.40. The van der Waals surface area contributed by atoms with Crippen LogP contribution in [0.1, 0.15) is 36.8 Å². The minimum absolute atomic E-state index is 0.0348. The summed E-state index contributed by atoms with van der Waals surface area (Å²) in [6, 6.07) is 20.9. The molecule has 0 aliphatic carbocycles. The molecule has 2 aromatic heterocycles.